The third-order valence-corrected chi connectivity index (χ3v) is 5.00. The number of piperidine rings is 1. The van der Waals surface area contributed by atoms with Gasteiger partial charge < -0.3 is 19.3 Å². The van der Waals surface area contributed by atoms with Crippen LogP contribution in [-0.4, -0.2) is 44.5 Å². The van der Waals surface area contributed by atoms with Crippen LogP contribution in [0.4, 0.5) is 5.69 Å². The predicted molar refractivity (Wildman–Crippen MR) is 108 cm³/mol. The van der Waals surface area contributed by atoms with Crippen molar-refractivity contribution in [3.8, 4) is 11.5 Å². The SMILES string of the molecule is COc1ccc(CN(C)C(=O)c2ccc(N3CCCCC3=O)cc2)c(OC)c1. The fourth-order valence-corrected chi connectivity index (χ4v) is 3.39. The smallest absolute Gasteiger partial charge is 0.253 e. The minimum absolute atomic E-state index is 0.0885. The van der Waals surface area contributed by atoms with Gasteiger partial charge in [0.15, 0.2) is 0 Å². The first-order valence-electron chi connectivity index (χ1n) is 9.40. The minimum Gasteiger partial charge on any atom is -0.497 e. The first kappa shape index (κ1) is 19.7. The molecule has 1 heterocycles. The van der Waals surface area contributed by atoms with Crippen molar-refractivity contribution in [2.45, 2.75) is 25.8 Å². The quantitative estimate of drug-likeness (QED) is 0.767. The van der Waals surface area contributed by atoms with Gasteiger partial charge in [-0.2, -0.15) is 0 Å². The summed E-state index contributed by atoms with van der Waals surface area (Å²) in [4.78, 5) is 28.3. The number of hydrogen-bond donors (Lipinski definition) is 0. The lowest BCUT2D eigenvalue weighted by molar-refractivity contribution is -0.119. The zero-order valence-corrected chi connectivity index (χ0v) is 16.6. The Morgan fingerprint density at radius 1 is 1.07 bits per heavy atom. The summed E-state index contributed by atoms with van der Waals surface area (Å²) in [6.07, 6.45) is 2.55. The van der Waals surface area contributed by atoms with E-state index in [1.165, 1.54) is 0 Å². The third kappa shape index (κ3) is 4.27. The fourth-order valence-electron chi connectivity index (χ4n) is 3.39. The monoisotopic (exact) mass is 382 g/mol. The van der Waals surface area contributed by atoms with Crippen molar-refractivity contribution < 1.29 is 19.1 Å². The van der Waals surface area contributed by atoms with Gasteiger partial charge in [-0.3, -0.25) is 9.59 Å². The van der Waals surface area contributed by atoms with Gasteiger partial charge in [0.25, 0.3) is 5.91 Å². The highest BCUT2D eigenvalue weighted by Gasteiger charge is 2.20. The summed E-state index contributed by atoms with van der Waals surface area (Å²) in [6.45, 7) is 1.15. The fraction of sp³-hybridized carbons (Fsp3) is 0.364. The van der Waals surface area contributed by atoms with E-state index in [1.54, 1.807) is 49.3 Å². The first-order chi connectivity index (χ1) is 13.5. The second-order valence-electron chi connectivity index (χ2n) is 6.89. The molecule has 1 aliphatic rings. The van der Waals surface area contributed by atoms with Crippen LogP contribution < -0.4 is 14.4 Å². The number of anilines is 1. The van der Waals surface area contributed by atoms with E-state index in [0.717, 1.165) is 30.6 Å². The van der Waals surface area contributed by atoms with Crippen molar-refractivity contribution >= 4 is 17.5 Å². The van der Waals surface area contributed by atoms with Gasteiger partial charge in [-0.25, -0.2) is 0 Å². The number of carbonyl (C=O) groups excluding carboxylic acids is 2. The summed E-state index contributed by atoms with van der Waals surface area (Å²) in [5, 5.41) is 0. The number of nitrogens with zero attached hydrogens (tertiary/aromatic N) is 2. The normalized spacial score (nSPS) is 14.0. The second-order valence-corrected chi connectivity index (χ2v) is 6.89. The highest BCUT2D eigenvalue weighted by atomic mass is 16.5. The molecule has 0 unspecified atom stereocenters. The highest BCUT2D eigenvalue weighted by Crippen LogP contribution is 2.26. The molecule has 2 aromatic rings. The van der Waals surface area contributed by atoms with Crippen LogP contribution in [0, 0.1) is 0 Å². The van der Waals surface area contributed by atoms with Crippen LogP contribution in [0.15, 0.2) is 42.5 Å². The van der Waals surface area contributed by atoms with Gasteiger partial charge in [0.05, 0.1) is 14.2 Å². The topological polar surface area (TPSA) is 59.1 Å². The van der Waals surface area contributed by atoms with Gasteiger partial charge in [0, 0.05) is 49.4 Å². The number of ether oxygens (including phenoxy) is 2. The van der Waals surface area contributed by atoms with Crippen molar-refractivity contribution in [2.24, 2.45) is 0 Å². The number of rotatable bonds is 6. The molecule has 0 spiro atoms. The average molecular weight is 382 g/mol. The van der Waals surface area contributed by atoms with E-state index in [0.29, 0.717) is 30.0 Å². The molecule has 0 bridgehead atoms. The van der Waals surface area contributed by atoms with Crippen molar-refractivity contribution in [3.63, 3.8) is 0 Å². The largest absolute Gasteiger partial charge is 0.497 e. The van der Waals surface area contributed by atoms with Crippen molar-refractivity contribution in [2.75, 3.05) is 32.7 Å². The van der Waals surface area contributed by atoms with Crippen LogP contribution in [0.3, 0.4) is 0 Å². The molecule has 2 aromatic carbocycles. The molecule has 0 aromatic heterocycles. The Morgan fingerprint density at radius 3 is 2.46 bits per heavy atom. The number of amides is 2. The maximum atomic E-state index is 12.8. The zero-order chi connectivity index (χ0) is 20.1. The van der Waals surface area contributed by atoms with Gasteiger partial charge >= 0.3 is 0 Å². The van der Waals surface area contributed by atoms with Crippen LogP contribution in [0.25, 0.3) is 0 Å². The summed E-state index contributed by atoms with van der Waals surface area (Å²) >= 11 is 0. The summed E-state index contributed by atoms with van der Waals surface area (Å²) in [5.74, 6) is 1.44. The number of hydrogen-bond acceptors (Lipinski definition) is 4. The molecule has 0 radical (unpaired) electrons. The second kappa shape index (κ2) is 8.78. The van der Waals surface area contributed by atoms with E-state index in [-0.39, 0.29) is 11.8 Å². The number of benzene rings is 2. The van der Waals surface area contributed by atoms with E-state index < -0.39 is 0 Å². The van der Waals surface area contributed by atoms with E-state index in [9.17, 15) is 9.59 Å². The molecule has 148 valence electrons. The summed E-state index contributed by atoms with van der Waals surface area (Å²) < 4.78 is 10.6. The Hall–Kier alpha value is -3.02. The van der Waals surface area contributed by atoms with Crippen LogP contribution in [0.2, 0.25) is 0 Å². The van der Waals surface area contributed by atoms with Gasteiger partial charge in [0.2, 0.25) is 5.91 Å². The molecule has 0 atom stereocenters. The third-order valence-electron chi connectivity index (χ3n) is 5.00. The molecular formula is C22H26N2O4. The van der Waals surface area contributed by atoms with Gasteiger partial charge in [0.1, 0.15) is 11.5 Å². The molecule has 28 heavy (non-hydrogen) atoms. The summed E-state index contributed by atoms with van der Waals surface area (Å²) in [5.41, 5.74) is 2.33. The van der Waals surface area contributed by atoms with E-state index in [4.69, 9.17) is 9.47 Å². The Balaban J connectivity index is 1.70. The van der Waals surface area contributed by atoms with Crippen molar-refractivity contribution in [1.29, 1.82) is 0 Å². The first-order valence-corrected chi connectivity index (χ1v) is 9.40. The standard InChI is InChI=1S/C22H26N2O4/c1-23(15-17-9-12-19(27-2)14-20(17)28-3)22(26)16-7-10-18(11-8-16)24-13-5-4-6-21(24)25/h7-12,14H,4-6,13,15H2,1-3H3. The van der Waals surface area contributed by atoms with E-state index in [2.05, 4.69) is 0 Å². The lowest BCUT2D eigenvalue weighted by Gasteiger charge is -2.27. The van der Waals surface area contributed by atoms with E-state index in [1.807, 2.05) is 24.3 Å². The number of carbonyl (C=O) groups is 2. The Labute approximate surface area is 165 Å². The van der Waals surface area contributed by atoms with Crippen LogP contribution in [0.5, 0.6) is 11.5 Å². The Morgan fingerprint density at radius 2 is 1.82 bits per heavy atom. The molecular weight excluding hydrogens is 356 g/mol. The molecule has 2 amide bonds. The van der Waals surface area contributed by atoms with Crippen LogP contribution in [-0.2, 0) is 11.3 Å². The maximum absolute atomic E-state index is 12.8. The molecule has 1 aliphatic heterocycles. The maximum Gasteiger partial charge on any atom is 0.253 e. The molecule has 6 nitrogen and oxygen atoms in total. The van der Waals surface area contributed by atoms with Crippen molar-refractivity contribution in [1.82, 2.24) is 4.90 Å². The van der Waals surface area contributed by atoms with Gasteiger partial charge in [-0.05, 0) is 49.2 Å². The zero-order valence-electron chi connectivity index (χ0n) is 16.6. The van der Waals surface area contributed by atoms with Crippen LogP contribution in [0.1, 0.15) is 35.2 Å². The Kier molecular flexibility index (Phi) is 6.19. The minimum atomic E-state index is -0.0885. The van der Waals surface area contributed by atoms with E-state index >= 15 is 0 Å². The molecule has 0 saturated carbocycles. The van der Waals surface area contributed by atoms with Gasteiger partial charge in [-0.1, -0.05) is 0 Å². The Bertz CT molecular complexity index is 848. The average Bonchev–Trinajstić information content (AvgIpc) is 2.74. The van der Waals surface area contributed by atoms with Gasteiger partial charge in [-0.15, -0.1) is 0 Å². The number of methoxy groups -OCH3 is 2. The predicted octanol–water partition coefficient (Wildman–Crippen LogP) is 3.49. The molecule has 0 aliphatic carbocycles. The summed E-state index contributed by atoms with van der Waals surface area (Å²) in [6, 6.07) is 12.8. The lowest BCUT2D eigenvalue weighted by Crippen LogP contribution is -2.35. The lowest BCUT2D eigenvalue weighted by atomic mass is 10.1. The van der Waals surface area contributed by atoms with Crippen LogP contribution >= 0.6 is 0 Å². The molecule has 1 saturated heterocycles. The molecule has 1 fully saturated rings. The van der Waals surface area contributed by atoms with Crippen molar-refractivity contribution in [3.05, 3.63) is 53.6 Å². The molecule has 0 N–H and O–H groups in total. The molecule has 3 rings (SSSR count). The summed E-state index contributed by atoms with van der Waals surface area (Å²) in [7, 11) is 4.96. The highest BCUT2D eigenvalue weighted by molar-refractivity contribution is 5.96. The molecule has 6 heteroatoms.